The monoisotopic (exact) mass is 506 g/mol. The Morgan fingerprint density at radius 2 is 1.70 bits per heavy atom. The molecule has 0 saturated heterocycles. The van der Waals surface area contributed by atoms with Gasteiger partial charge in [0.05, 0.1) is 6.42 Å². The number of fused-ring (bicyclic) bond motifs is 1. The van der Waals surface area contributed by atoms with E-state index >= 15 is 0 Å². The molecule has 37 heavy (non-hydrogen) atoms. The van der Waals surface area contributed by atoms with Crippen LogP contribution >= 0.6 is 0 Å². The lowest BCUT2D eigenvalue weighted by atomic mass is 9.77. The summed E-state index contributed by atoms with van der Waals surface area (Å²) in [5.74, 6) is -1.28. The van der Waals surface area contributed by atoms with Crippen LogP contribution in [0.5, 0.6) is 28.7 Å². The van der Waals surface area contributed by atoms with Gasteiger partial charge in [-0.3, -0.25) is 4.79 Å². The average Bonchev–Trinajstić information content (AvgIpc) is 2.78. The Labute approximate surface area is 219 Å². The molecule has 0 radical (unpaired) electrons. The van der Waals surface area contributed by atoms with Crippen LogP contribution < -0.4 is 4.74 Å². The van der Waals surface area contributed by atoms with Gasteiger partial charge in [-0.05, 0) is 71.4 Å². The van der Waals surface area contributed by atoms with Crippen LogP contribution in [-0.2, 0) is 6.42 Å². The summed E-state index contributed by atoms with van der Waals surface area (Å²) in [6, 6.07) is 4.11. The minimum atomic E-state index is -0.852. The molecular formula is C31H38O6. The first-order valence-electron chi connectivity index (χ1n) is 12.6. The number of Topliss-reactive ketones (excluding diaryl/α,β-unsaturated/α-hetero) is 1. The minimum Gasteiger partial charge on any atom is -0.508 e. The number of benzene rings is 2. The van der Waals surface area contributed by atoms with Crippen molar-refractivity contribution >= 4 is 5.78 Å². The van der Waals surface area contributed by atoms with E-state index in [-0.39, 0.29) is 70.3 Å². The Morgan fingerprint density at radius 1 is 1.05 bits per heavy atom. The molecule has 1 aliphatic heterocycles. The van der Waals surface area contributed by atoms with Gasteiger partial charge >= 0.3 is 0 Å². The summed E-state index contributed by atoms with van der Waals surface area (Å²) in [5.41, 5.74) is 4.21. The quantitative estimate of drug-likeness (QED) is 0.278. The van der Waals surface area contributed by atoms with Gasteiger partial charge in [-0.15, -0.1) is 0 Å². The number of aromatic hydroxyl groups is 4. The van der Waals surface area contributed by atoms with Crippen molar-refractivity contribution in [3.05, 3.63) is 75.9 Å². The molecule has 198 valence electrons. The highest BCUT2D eigenvalue weighted by molar-refractivity contribution is 6.04. The number of hydrogen-bond acceptors (Lipinski definition) is 6. The highest BCUT2D eigenvalue weighted by Crippen LogP contribution is 2.53. The summed E-state index contributed by atoms with van der Waals surface area (Å²) in [6.07, 6.45) is 3.99. The SMILES string of the molecule is C=C(C)C(CC=C(C)C)C(C)c1c(O)c(CC=C(C)C)c(O)c2c1O[C@H](c1ccc(O)cc1O)CC2=O. The molecule has 3 rings (SSSR count). The first-order valence-corrected chi connectivity index (χ1v) is 12.6. The van der Waals surface area contributed by atoms with Crippen molar-refractivity contribution in [1.82, 2.24) is 0 Å². The van der Waals surface area contributed by atoms with Crippen molar-refractivity contribution in [2.75, 3.05) is 0 Å². The minimum absolute atomic E-state index is 0.0500. The maximum atomic E-state index is 13.5. The van der Waals surface area contributed by atoms with Crippen LogP contribution in [0.1, 0.15) is 93.5 Å². The van der Waals surface area contributed by atoms with Crippen molar-refractivity contribution < 1.29 is 30.0 Å². The summed E-state index contributed by atoms with van der Waals surface area (Å²) in [6.45, 7) is 16.0. The van der Waals surface area contributed by atoms with E-state index in [1.807, 2.05) is 47.6 Å². The topological polar surface area (TPSA) is 107 Å². The highest BCUT2D eigenvalue weighted by atomic mass is 16.5. The van der Waals surface area contributed by atoms with Crippen molar-refractivity contribution in [1.29, 1.82) is 0 Å². The van der Waals surface area contributed by atoms with Gasteiger partial charge in [-0.1, -0.05) is 42.4 Å². The molecule has 0 aliphatic carbocycles. The fourth-order valence-electron chi connectivity index (χ4n) is 4.91. The molecule has 0 amide bonds. The number of ether oxygens (including phenoxy) is 1. The number of hydrogen-bond donors (Lipinski definition) is 4. The Bertz CT molecular complexity index is 1280. The number of phenolic OH excluding ortho intramolecular Hbond substituents is 4. The second kappa shape index (κ2) is 11.2. The van der Waals surface area contributed by atoms with Gasteiger partial charge in [-0.2, -0.15) is 0 Å². The molecule has 2 aromatic carbocycles. The molecule has 1 aliphatic rings. The van der Waals surface area contributed by atoms with Crippen LogP contribution in [0, 0.1) is 5.92 Å². The number of allylic oxidation sites excluding steroid dienone is 5. The third-order valence-corrected chi connectivity index (χ3v) is 6.99. The lowest BCUT2D eigenvalue weighted by molar-refractivity contribution is 0.0837. The third-order valence-electron chi connectivity index (χ3n) is 6.99. The van der Waals surface area contributed by atoms with Gasteiger partial charge in [0.2, 0.25) is 0 Å². The lowest BCUT2D eigenvalue weighted by Crippen LogP contribution is -2.24. The molecule has 4 N–H and O–H groups in total. The third kappa shape index (κ3) is 5.85. The summed E-state index contributed by atoms with van der Waals surface area (Å²) < 4.78 is 6.32. The second-order valence-corrected chi connectivity index (χ2v) is 10.5. The maximum absolute atomic E-state index is 13.5. The van der Waals surface area contributed by atoms with E-state index < -0.39 is 6.10 Å². The van der Waals surface area contributed by atoms with E-state index in [1.54, 1.807) is 0 Å². The molecular weight excluding hydrogens is 468 g/mol. The number of carbonyl (C=O) groups excluding carboxylic acids is 1. The van der Waals surface area contributed by atoms with Gasteiger partial charge in [0.1, 0.15) is 40.4 Å². The Balaban J connectivity index is 2.26. The normalized spacial score (nSPS) is 16.3. The zero-order chi connectivity index (χ0) is 27.6. The number of carbonyl (C=O) groups is 1. The van der Waals surface area contributed by atoms with E-state index in [1.165, 1.54) is 18.2 Å². The van der Waals surface area contributed by atoms with Gasteiger partial charge in [-0.25, -0.2) is 0 Å². The predicted molar refractivity (Wildman–Crippen MR) is 146 cm³/mol. The number of phenols is 4. The van der Waals surface area contributed by atoms with Crippen LogP contribution in [0.2, 0.25) is 0 Å². The van der Waals surface area contributed by atoms with Crippen molar-refractivity contribution in [3.63, 3.8) is 0 Å². The Morgan fingerprint density at radius 3 is 2.27 bits per heavy atom. The van der Waals surface area contributed by atoms with E-state index in [4.69, 9.17) is 4.74 Å². The van der Waals surface area contributed by atoms with Gasteiger partial charge in [0.25, 0.3) is 0 Å². The predicted octanol–water partition coefficient (Wildman–Crippen LogP) is 7.38. The lowest BCUT2D eigenvalue weighted by Gasteiger charge is -2.33. The fraction of sp³-hybridized carbons (Fsp3) is 0.387. The summed E-state index contributed by atoms with van der Waals surface area (Å²) >= 11 is 0. The van der Waals surface area contributed by atoms with Gasteiger partial charge in [0.15, 0.2) is 5.78 Å². The Hall–Kier alpha value is -3.67. The summed E-state index contributed by atoms with van der Waals surface area (Å²) in [4.78, 5) is 13.5. The number of ketones is 1. The van der Waals surface area contributed by atoms with Crippen molar-refractivity contribution in [2.24, 2.45) is 5.92 Å². The van der Waals surface area contributed by atoms with Crippen molar-refractivity contribution in [3.8, 4) is 28.7 Å². The summed E-state index contributed by atoms with van der Waals surface area (Å²) in [5, 5.41) is 42.9. The maximum Gasteiger partial charge on any atom is 0.174 e. The molecule has 6 heteroatoms. The molecule has 2 aromatic rings. The molecule has 0 spiro atoms. The van der Waals surface area contributed by atoms with Crippen LogP contribution in [0.15, 0.2) is 53.6 Å². The first-order chi connectivity index (χ1) is 17.3. The zero-order valence-corrected chi connectivity index (χ0v) is 22.6. The second-order valence-electron chi connectivity index (χ2n) is 10.5. The fourth-order valence-corrected chi connectivity index (χ4v) is 4.91. The van der Waals surface area contributed by atoms with E-state index in [2.05, 4.69) is 12.7 Å². The average molecular weight is 507 g/mol. The number of rotatable bonds is 8. The Kier molecular flexibility index (Phi) is 8.42. The summed E-state index contributed by atoms with van der Waals surface area (Å²) in [7, 11) is 0. The van der Waals surface area contributed by atoms with Gasteiger partial charge < -0.3 is 25.2 Å². The van der Waals surface area contributed by atoms with Gasteiger partial charge in [0, 0.05) is 22.8 Å². The molecule has 1 heterocycles. The molecule has 0 bridgehead atoms. The highest BCUT2D eigenvalue weighted by Gasteiger charge is 2.39. The van der Waals surface area contributed by atoms with E-state index in [0.717, 1.165) is 16.7 Å². The molecule has 0 fully saturated rings. The van der Waals surface area contributed by atoms with E-state index in [9.17, 15) is 25.2 Å². The van der Waals surface area contributed by atoms with Crippen LogP contribution in [0.3, 0.4) is 0 Å². The van der Waals surface area contributed by atoms with Crippen LogP contribution in [-0.4, -0.2) is 26.2 Å². The van der Waals surface area contributed by atoms with Crippen LogP contribution in [0.25, 0.3) is 0 Å². The molecule has 2 unspecified atom stereocenters. The molecule has 3 atom stereocenters. The smallest absolute Gasteiger partial charge is 0.174 e. The molecule has 0 aromatic heterocycles. The largest absolute Gasteiger partial charge is 0.508 e. The first kappa shape index (κ1) is 27.9. The van der Waals surface area contributed by atoms with Crippen LogP contribution in [0.4, 0.5) is 0 Å². The van der Waals surface area contributed by atoms with E-state index in [0.29, 0.717) is 17.5 Å². The molecule has 0 saturated carbocycles. The standard InChI is InChI=1S/C31H38O6/c1-16(2)8-11-21(18(5)6)19(7)27-29(35)23(12-9-17(3)4)30(36)28-25(34)15-26(37-31(27)28)22-13-10-20(32)14-24(22)33/h8-10,13-14,19,21,26,32-33,35-36H,5,11-12,15H2,1-4,6-7H3/t19?,21?,26-/m0/s1. The van der Waals surface area contributed by atoms with Crippen molar-refractivity contribution in [2.45, 2.75) is 72.8 Å². The zero-order valence-electron chi connectivity index (χ0n) is 22.6. The molecule has 6 nitrogen and oxygen atoms in total.